The normalized spacial score (nSPS) is 14.2. The van der Waals surface area contributed by atoms with Gasteiger partial charge in [-0.05, 0) is 11.4 Å². The molecule has 27 heavy (non-hydrogen) atoms. The van der Waals surface area contributed by atoms with Crippen molar-refractivity contribution in [3.63, 3.8) is 0 Å². The third-order valence-corrected chi connectivity index (χ3v) is 5.62. The molecule has 0 amide bonds. The minimum Gasteiger partial charge on any atom is -0.356 e. The van der Waals surface area contributed by atoms with Crippen molar-refractivity contribution in [3.05, 3.63) is 77.1 Å². The fraction of sp³-hybridized carbons (Fsp3) is 0.190. The molecule has 0 bridgehead atoms. The summed E-state index contributed by atoms with van der Waals surface area (Å²) in [5.41, 5.74) is 4.37. The van der Waals surface area contributed by atoms with Crippen LogP contribution in [-0.2, 0) is 19.5 Å². The van der Waals surface area contributed by atoms with Gasteiger partial charge in [0.2, 0.25) is 0 Å². The number of fused-ring (bicyclic) bond motifs is 1. The van der Waals surface area contributed by atoms with Crippen LogP contribution < -0.4 is 0 Å². The van der Waals surface area contributed by atoms with E-state index in [1.54, 1.807) is 11.3 Å². The number of hydrogen-bond acceptors (Lipinski definition) is 6. The van der Waals surface area contributed by atoms with Crippen molar-refractivity contribution in [2.45, 2.75) is 19.5 Å². The lowest BCUT2D eigenvalue weighted by Gasteiger charge is -2.27. The van der Waals surface area contributed by atoms with Crippen molar-refractivity contribution < 1.29 is 4.52 Å². The van der Waals surface area contributed by atoms with E-state index in [2.05, 4.69) is 26.5 Å². The first-order valence-electron chi connectivity index (χ1n) is 8.97. The highest BCUT2D eigenvalue weighted by atomic mass is 32.1. The average molecular weight is 374 g/mol. The Labute approximate surface area is 161 Å². The van der Waals surface area contributed by atoms with Gasteiger partial charge in [-0.2, -0.15) is 0 Å². The number of benzene rings is 1. The van der Waals surface area contributed by atoms with Gasteiger partial charge in [0.25, 0.3) is 0 Å². The second-order valence-electron chi connectivity index (χ2n) is 6.65. The zero-order valence-electron chi connectivity index (χ0n) is 14.7. The Morgan fingerprint density at radius 1 is 1.11 bits per heavy atom. The Kier molecular flexibility index (Phi) is 4.27. The van der Waals surface area contributed by atoms with Gasteiger partial charge in [-0.3, -0.25) is 4.90 Å². The molecule has 0 fully saturated rings. The summed E-state index contributed by atoms with van der Waals surface area (Å²) in [6, 6.07) is 16.2. The molecule has 4 heterocycles. The molecule has 3 aromatic heterocycles. The molecule has 0 saturated carbocycles. The van der Waals surface area contributed by atoms with Crippen LogP contribution >= 0.6 is 11.3 Å². The van der Waals surface area contributed by atoms with E-state index >= 15 is 0 Å². The van der Waals surface area contributed by atoms with Gasteiger partial charge in [0, 0.05) is 49.4 Å². The molecular weight excluding hydrogens is 356 g/mol. The molecule has 0 aliphatic carbocycles. The van der Waals surface area contributed by atoms with Crippen LogP contribution in [0.15, 0.2) is 64.6 Å². The maximum atomic E-state index is 5.52. The summed E-state index contributed by atoms with van der Waals surface area (Å²) in [7, 11) is 0. The Bertz CT molecular complexity index is 1040. The minimum absolute atomic E-state index is 0.766. The maximum absolute atomic E-state index is 5.52. The van der Waals surface area contributed by atoms with E-state index in [1.165, 1.54) is 5.56 Å². The van der Waals surface area contributed by atoms with Crippen LogP contribution in [0.3, 0.4) is 0 Å². The summed E-state index contributed by atoms with van der Waals surface area (Å²) in [5, 5.41) is 6.30. The Morgan fingerprint density at radius 3 is 2.89 bits per heavy atom. The van der Waals surface area contributed by atoms with E-state index in [0.717, 1.165) is 59.5 Å². The molecule has 5 rings (SSSR count). The number of nitrogens with zero attached hydrogens (tertiary/aromatic N) is 4. The first-order chi connectivity index (χ1) is 13.3. The molecule has 0 saturated heterocycles. The van der Waals surface area contributed by atoms with Gasteiger partial charge in [-0.15, -0.1) is 11.3 Å². The SMILES string of the molecule is c1ccc(-c2cc(CN3CCc4nc(-c5cccs5)ncc4C3)no2)cc1. The monoisotopic (exact) mass is 374 g/mol. The molecule has 0 atom stereocenters. The van der Waals surface area contributed by atoms with Crippen LogP contribution in [0, 0.1) is 0 Å². The first kappa shape index (κ1) is 16.4. The molecule has 134 valence electrons. The predicted octanol–water partition coefficient (Wildman–Crippen LogP) is 4.42. The van der Waals surface area contributed by atoms with Crippen LogP contribution in [0.4, 0.5) is 0 Å². The maximum Gasteiger partial charge on any atom is 0.169 e. The predicted molar refractivity (Wildman–Crippen MR) is 105 cm³/mol. The van der Waals surface area contributed by atoms with Gasteiger partial charge in [-0.25, -0.2) is 9.97 Å². The number of rotatable bonds is 4. The van der Waals surface area contributed by atoms with Gasteiger partial charge < -0.3 is 4.52 Å². The molecule has 5 nitrogen and oxygen atoms in total. The molecule has 6 heteroatoms. The topological polar surface area (TPSA) is 55.1 Å². The van der Waals surface area contributed by atoms with Crippen LogP contribution in [0.1, 0.15) is 17.0 Å². The van der Waals surface area contributed by atoms with Crippen molar-refractivity contribution in [2.75, 3.05) is 6.54 Å². The van der Waals surface area contributed by atoms with Crippen LogP contribution in [0.5, 0.6) is 0 Å². The zero-order valence-corrected chi connectivity index (χ0v) is 15.5. The Hall–Kier alpha value is -2.83. The lowest BCUT2D eigenvalue weighted by atomic mass is 10.1. The number of hydrogen-bond donors (Lipinski definition) is 0. The van der Waals surface area contributed by atoms with Gasteiger partial charge in [-0.1, -0.05) is 41.6 Å². The minimum atomic E-state index is 0.766. The second kappa shape index (κ2) is 7.06. The molecule has 0 N–H and O–H groups in total. The quantitative estimate of drug-likeness (QED) is 0.529. The van der Waals surface area contributed by atoms with E-state index in [1.807, 2.05) is 48.7 Å². The molecule has 1 aliphatic heterocycles. The van der Waals surface area contributed by atoms with E-state index in [4.69, 9.17) is 9.51 Å². The molecule has 4 aromatic rings. The van der Waals surface area contributed by atoms with Crippen LogP contribution in [0.2, 0.25) is 0 Å². The summed E-state index contributed by atoms with van der Waals surface area (Å²) in [4.78, 5) is 12.8. The summed E-state index contributed by atoms with van der Waals surface area (Å²) >= 11 is 1.68. The third kappa shape index (κ3) is 3.41. The molecule has 0 radical (unpaired) electrons. The average Bonchev–Trinajstić information content (AvgIpc) is 3.41. The van der Waals surface area contributed by atoms with Crippen LogP contribution in [-0.4, -0.2) is 26.6 Å². The highest BCUT2D eigenvalue weighted by Gasteiger charge is 2.20. The largest absolute Gasteiger partial charge is 0.356 e. The van der Waals surface area contributed by atoms with Crippen molar-refractivity contribution >= 4 is 11.3 Å². The second-order valence-corrected chi connectivity index (χ2v) is 7.60. The number of aromatic nitrogens is 3. The molecule has 0 unspecified atom stereocenters. The Balaban J connectivity index is 1.30. The van der Waals surface area contributed by atoms with Crippen molar-refractivity contribution in [2.24, 2.45) is 0 Å². The molecule has 1 aromatic carbocycles. The highest BCUT2D eigenvalue weighted by molar-refractivity contribution is 7.13. The van der Waals surface area contributed by atoms with Gasteiger partial charge in [0.05, 0.1) is 16.3 Å². The molecular formula is C21H18N4OS. The lowest BCUT2D eigenvalue weighted by molar-refractivity contribution is 0.235. The van der Waals surface area contributed by atoms with Gasteiger partial charge in [0.1, 0.15) is 0 Å². The van der Waals surface area contributed by atoms with Crippen molar-refractivity contribution in [1.82, 2.24) is 20.0 Å². The van der Waals surface area contributed by atoms with Gasteiger partial charge >= 0.3 is 0 Å². The van der Waals surface area contributed by atoms with Gasteiger partial charge in [0.15, 0.2) is 11.6 Å². The highest BCUT2D eigenvalue weighted by Crippen LogP contribution is 2.25. The fourth-order valence-corrected chi connectivity index (χ4v) is 4.05. The lowest BCUT2D eigenvalue weighted by Crippen LogP contribution is -2.31. The van der Waals surface area contributed by atoms with Crippen molar-refractivity contribution in [3.8, 4) is 22.0 Å². The van der Waals surface area contributed by atoms with E-state index in [9.17, 15) is 0 Å². The number of thiophene rings is 1. The molecule has 0 spiro atoms. The van der Waals surface area contributed by atoms with Crippen molar-refractivity contribution in [1.29, 1.82) is 0 Å². The summed E-state index contributed by atoms with van der Waals surface area (Å²) in [5.74, 6) is 1.65. The van der Waals surface area contributed by atoms with Crippen LogP contribution in [0.25, 0.3) is 22.0 Å². The molecule has 1 aliphatic rings. The standard InChI is InChI=1S/C21H18N4OS/c1-2-5-15(6-3-1)19-11-17(24-26-19)14-25-9-8-18-16(13-25)12-22-21(23-18)20-7-4-10-27-20/h1-7,10-12H,8-9,13-14H2. The fourth-order valence-electron chi connectivity index (χ4n) is 3.39. The Morgan fingerprint density at radius 2 is 2.04 bits per heavy atom. The van der Waals surface area contributed by atoms with E-state index in [-0.39, 0.29) is 0 Å². The van der Waals surface area contributed by atoms with E-state index < -0.39 is 0 Å². The smallest absolute Gasteiger partial charge is 0.169 e. The summed E-state index contributed by atoms with van der Waals surface area (Å²) in [6.07, 6.45) is 2.90. The third-order valence-electron chi connectivity index (χ3n) is 4.76. The zero-order chi connectivity index (χ0) is 18.1. The van der Waals surface area contributed by atoms with E-state index in [0.29, 0.717) is 0 Å². The first-order valence-corrected chi connectivity index (χ1v) is 9.85. The summed E-state index contributed by atoms with van der Waals surface area (Å²) in [6.45, 7) is 2.57. The summed E-state index contributed by atoms with van der Waals surface area (Å²) < 4.78 is 5.52.